The molecule has 0 amide bonds. The van der Waals surface area contributed by atoms with Gasteiger partial charge in [-0.3, -0.25) is 4.79 Å². The van der Waals surface area contributed by atoms with Crippen LogP contribution in [0.1, 0.15) is 79.1 Å². The summed E-state index contributed by atoms with van der Waals surface area (Å²) in [5, 5.41) is 10.8. The summed E-state index contributed by atoms with van der Waals surface area (Å²) in [4.78, 5) is 13.0. The summed E-state index contributed by atoms with van der Waals surface area (Å²) < 4.78 is 5.87. The smallest absolute Gasteiger partial charge is 0.309 e. The number of rotatable bonds is 7. The van der Waals surface area contributed by atoms with Crippen molar-refractivity contribution in [3.05, 3.63) is 0 Å². The SMILES string of the molecule is CCCCC(O)C(C(=O)OC1CCCCC1)[Si](C)(C)C(C)(C)C. The number of aliphatic hydroxyl groups is 1. The van der Waals surface area contributed by atoms with Crippen LogP contribution >= 0.6 is 0 Å². The molecule has 1 aliphatic rings. The molecule has 0 aromatic heterocycles. The fraction of sp³-hybridized carbons (Fsp3) is 0.947. The zero-order chi connectivity index (χ0) is 17.7. The number of hydrogen-bond donors (Lipinski definition) is 1. The van der Waals surface area contributed by atoms with Crippen molar-refractivity contribution in [2.75, 3.05) is 0 Å². The maximum atomic E-state index is 13.0. The summed E-state index contributed by atoms with van der Waals surface area (Å²) >= 11 is 0. The first-order valence-corrected chi connectivity index (χ1v) is 12.6. The van der Waals surface area contributed by atoms with Gasteiger partial charge in [-0.2, -0.15) is 0 Å². The van der Waals surface area contributed by atoms with Crippen LogP contribution in [0.15, 0.2) is 0 Å². The Balaban J connectivity index is 2.90. The standard InChI is InChI=1S/C19H38O3Si/c1-7-8-14-16(20)17(23(5,6)19(2,3)4)18(21)22-15-12-10-9-11-13-15/h15-17,20H,7-14H2,1-6H3. The molecule has 23 heavy (non-hydrogen) atoms. The lowest BCUT2D eigenvalue weighted by molar-refractivity contribution is -0.153. The molecule has 2 atom stereocenters. The molecule has 0 bridgehead atoms. The van der Waals surface area contributed by atoms with Gasteiger partial charge < -0.3 is 9.84 Å². The van der Waals surface area contributed by atoms with Gasteiger partial charge in [0.1, 0.15) is 6.10 Å². The van der Waals surface area contributed by atoms with Crippen molar-refractivity contribution in [2.24, 2.45) is 0 Å². The molecule has 136 valence electrons. The molecule has 3 nitrogen and oxygen atoms in total. The lowest BCUT2D eigenvalue weighted by atomic mass is 9.98. The number of hydrogen-bond acceptors (Lipinski definition) is 3. The Labute approximate surface area is 144 Å². The van der Waals surface area contributed by atoms with Crippen LogP contribution in [0.2, 0.25) is 23.7 Å². The maximum Gasteiger partial charge on any atom is 0.309 e. The van der Waals surface area contributed by atoms with E-state index >= 15 is 0 Å². The minimum absolute atomic E-state index is 0.0520. The second kappa shape index (κ2) is 8.66. The molecule has 0 aliphatic heterocycles. The van der Waals surface area contributed by atoms with Crippen molar-refractivity contribution < 1.29 is 14.6 Å². The molecule has 0 saturated heterocycles. The number of unbranched alkanes of at least 4 members (excludes halogenated alkanes) is 1. The summed E-state index contributed by atoms with van der Waals surface area (Å²) in [7, 11) is -2.02. The van der Waals surface area contributed by atoms with E-state index in [9.17, 15) is 9.90 Å². The van der Waals surface area contributed by atoms with Gasteiger partial charge in [-0.15, -0.1) is 0 Å². The number of aliphatic hydroxyl groups excluding tert-OH is 1. The lowest BCUT2D eigenvalue weighted by Crippen LogP contribution is -2.51. The van der Waals surface area contributed by atoms with Crippen LogP contribution in [-0.2, 0) is 9.53 Å². The second-order valence-corrected chi connectivity index (χ2v) is 14.4. The fourth-order valence-corrected chi connectivity index (χ4v) is 6.12. The van der Waals surface area contributed by atoms with Crippen LogP contribution in [0, 0.1) is 0 Å². The van der Waals surface area contributed by atoms with Crippen LogP contribution in [0.4, 0.5) is 0 Å². The first-order valence-electron chi connectivity index (χ1n) is 9.49. The van der Waals surface area contributed by atoms with Crippen molar-refractivity contribution in [1.29, 1.82) is 0 Å². The average Bonchev–Trinajstić information content (AvgIpc) is 2.44. The average molecular weight is 343 g/mol. The van der Waals surface area contributed by atoms with Gasteiger partial charge in [0, 0.05) is 0 Å². The highest BCUT2D eigenvalue weighted by Gasteiger charge is 2.49. The molecule has 0 heterocycles. The Bertz CT molecular complexity index is 367. The van der Waals surface area contributed by atoms with E-state index in [-0.39, 0.29) is 22.7 Å². The van der Waals surface area contributed by atoms with Crippen LogP contribution in [-0.4, -0.2) is 31.4 Å². The molecular weight excluding hydrogens is 304 g/mol. The van der Waals surface area contributed by atoms with Crippen LogP contribution in [0.5, 0.6) is 0 Å². The predicted octanol–water partition coefficient (Wildman–Crippen LogP) is 5.29. The van der Waals surface area contributed by atoms with Gasteiger partial charge in [-0.05, 0) is 37.1 Å². The third-order valence-electron chi connectivity index (χ3n) is 6.04. The van der Waals surface area contributed by atoms with E-state index in [0.717, 1.165) is 38.5 Å². The Kier molecular flexibility index (Phi) is 7.79. The molecule has 1 fully saturated rings. The van der Waals surface area contributed by atoms with E-state index in [2.05, 4.69) is 40.8 Å². The molecule has 1 rings (SSSR count). The maximum absolute atomic E-state index is 13.0. The molecule has 1 saturated carbocycles. The van der Waals surface area contributed by atoms with E-state index in [1.54, 1.807) is 0 Å². The van der Waals surface area contributed by atoms with Gasteiger partial charge in [0.15, 0.2) is 0 Å². The lowest BCUT2D eigenvalue weighted by Gasteiger charge is -2.44. The predicted molar refractivity (Wildman–Crippen MR) is 99.4 cm³/mol. The Morgan fingerprint density at radius 2 is 1.78 bits per heavy atom. The van der Waals surface area contributed by atoms with Gasteiger partial charge >= 0.3 is 5.97 Å². The highest BCUT2D eigenvalue weighted by molar-refractivity contribution is 6.84. The summed E-state index contributed by atoms with van der Waals surface area (Å²) in [6.45, 7) is 13.2. The summed E-state index contributed by atoms with van der Waals surface area (Å²) in [6.07, 6.45) is 7.74. The molecule has 0 aromatic carbocycles. The van der Waals surface area contributed by atoms with Gasteiger partial charge in [0.25, 0.3) is 0 Å². The highest BCUT2D eigenvalue weighted by Crippen LogP contribution is 2.46. The minimum atomic E-state index is -2.02. The molecule has 0 radical (unpaired) electrons. The Morgan fingerprint density at radius 3 is 2.26 bits per heavy atom. The van der Waals surface area contributed by atoms with Gasteiger partial charge in [-0.1, -0.05) is 60.1 Å². The largest absolute Gasteiger partial charge is 0.462 e. The molecule has 0 spiro atoms. The normalized spacial score (nSPS) is 20.1. The third-order valence-corrected chi connectivity index (χ3v) is 12.1. The van der Waals surface area contributed by atoms with Crippen molar-refractivity contribution in [1.82, 2.24) is 0 Å². The van der Waals surface area contributed by atoms with Crippen molar-refractivity contribution in [2.45, 2.75) is 115 Å². The number of carbonyl (C=O) groups excluding carboxylic acids is 1. The summed E-state index contributed by atoms with van der Waals surface area (Å²) in [5.74, 6) is -0.132. The first-order chi connectivity index (χ1) is 10.6. The van der Waals surface area contributed by atoms with Crippen molar-refractivity contribution >= 4 is 14.0 Å². The van der Waals surface area contributed by atoms with E-state index in [1.807, 2.05) is 0 Å². The van der Waals surface area contributed by atoms with E-state index in [0.29, 0.717) is 6.42 Å². The Morgan fingerprint density at radius 1 is 1.22 bits per heavy atom. The molecule has 0 aromatic rings. The number of ether oxygens (including phenoxy) is 1. The monoisotopic (exact) mass is 342 g/mol. The van der Waals surface area contributed by atoms with Gasteiger partial charge in [0.05, 0.1) is 19.7 Å². The summed E-state index contributed by atoms with van der Waals surface area (Å²) in [6, 6.07) is 0. The van der Waals surface area contributed by atoms with Crippen molar-refractivity contribution in [3.63, 3.8) is 0 Å². The van der Waals surface area contributed by atoms with Gasteiger partial charge in [-0.25, -0.2) is 0 Å². The zero-order valence-corrected chi connectivity index (χ0v) is 17.2. The topological polar surface area (TPSA) is 46.5 Å². The highest BCUT2D eigenvalue weighted by atomic mass is 28.3. The number of esters is 1. The van der Waals surface area contributed by atoms with Crippen molar-refractivity contribution in [3.8, 4) is 0 Å². The van der Waals surface area contributed by atoms with E-state index in [4.69, 9.17) is 4.74 Å². The quantitative estimate of drug-likeness (QED) is 0.505. The minimum Gasteiger partial charge on any atom is -0.462 e. The van der Waals surface area contributed by atoms with Gasteiger partial charge in [0.2, 0.25) is 0 Å². The fourth-order valence-electron chi connectivity index (χ4n) is 3.40. The summed E-state index contributed by atoms with van der Waals surface area (Å²) in [5.41, 5.74) is -0.323. The molecule has 1 N–H and O–H groups in total. The number of carbonyl (C=O) groups is 1. The molecule has 1 aliphatic carbocycles. The molecule has 2 unspecified atom stereocenters. The molecule has 4 heteroatoms. The van der Waals surface area contributed by atoms with E-state index in [1.165, 1.54) is 6.42 Å². The van der Waals surface area contributed by atoms with Crippen LogP contribution < -0.4 is 0 Å². The second-order valence-electron chi connectivity index (χ2n) is 8.86. The Hall–Kier alpha value is -0.353. The zero-order valence-electron chi connectivity index (χ0n) is 16.2. The van der Waals surface area contributed by atoms with E-state index < -0.39 is 14.2 Å². The van der Waals surface area contributed by atoms with Crippen LogP contribution in [0.3, 0.4) is 0 Å². The third kappa shape index (κ3) is 5.59. The molecular formula is C19H38O3Si. The first kappa shape index (κ1) is 20.7. The van der Waals surface area contributed by atoms with Crippen LogP contribution in [0.25, 0.3) is 0 Å².